The van der Waals surface area contributed by atoms with Gasteiger partial charge in [0, 0.05) is 17.5 Å². The van der Waals surface area contributed by atoms with Crippen LogP contribution in [0.15, 0.2) is 29.6 Å². The molecule has 2 aromatic rings. The van der Waals surface area contributed by atoms with Crippen LogP contribution < -0.4 is 15.8 Å². The molecule has 1 aliphatic heterocycles. The third-order valence-corrected chi connectivity index (χ3v) is 4.99. The molecule has 1 atom stereocenters. The molecular formula is C23H33F3N4O3S. The van der Waals surface area contributed by atoms with Crippen LogP contribution in [0.3, 0.4) is 0 Å². The fourth-order valence-electron chi connectivity index (χ4n) is 2.98. The Morgan fingerprint density at radius 2 is 1.88 bits per heavy atom. The summed E-state index contributed by atoms with van der Waals surface area (Å²) in [5.41, 5.74) is 5.78. The molecule has 1 fully saturated rings. The standard InChI is InChI=1S/C17H17F3N4O3S.C4H10.C2H6/c18-17(19,20)27-13-6-2-1-4-10(13)11-9-28-16(23-11)22-8-14(25)24-7-3-5-12(24)15(21)26;1-4(2)3;1-2/h1-2,4,6,9,12H,3,5,7-8H2,(H2,21,26)(H,22,23);4H,1-3H3;1-2H3/t12-;;/m0../s1. The van der Waals surface area contributed by atoms with Crippen LogP contribution in [0.1, 0.15) is 47.5 Å². The minimum atomic E-state index is -4.81. The molecule has 2 amide bonds. The van der Waals surface area contributed by atoms with Crippen LogP contribution in [0.25, 0.3) is 11.3 Å². The van der Waals surface area contributed by atoms with E-state index in [2.05, 4.69) is 35.8 Å². The molecule has 11 heteroatoms. The molecule has 0 bridgehead atoms. The molecule has 0 radical (unpaired) electrons. The van der Waals surface area contributed by atoms with Gasteiger partial charge < -0.3 is 20.7 Å². The largest absolute Gasteiger partial charge is 0.573 e. The third-order valence-electron chi connectivity index (χ3n) is 4.19. The first-order valence-corrected chi connectivity index (χ1v) is 12.0. The average Bonchev–Trinajstić information content (AvgIpc) is 3.42. The number of halogens is 3. The number of hydrogen-bond acceptors (Lipinski definition) is 6. The van der Waals surface area contributed by atoms with Crippen molar-refractivity contribution in [3.63, 3.8) is 0 Å². The molecule has 1 saturated heterocycles. The number of alkyl halides is 3. The molecular weight excluding hydrogens is 469 g/mol. The van der Waals surface area contributed by atoms with Gasteiger partial charge in [-0.05, 0) is 30.9 Å². The van der Waals surface area contributed by atoms with E-state index in [4.69, 9.17) is 5.73 Å². The molecule has 190 valence electrons. The van der Waals surface area contributed by atoms with E-state index in [9.17, 15) is 22.8 Å². The van der Waals surface area contributed by atoms with Crippen molar-refractivity contribution in [1.82, 2.24) is 9.88 Å². The number of carbonyl (C=O) groups excluding carboxylic acids is 2. The number of ether oxygens (including phenoxy) is 1. The number of para-hydroxylation sites is 1. The second-order valence-corrected chi connectivity index (χ2v) is 8.67. The summed E-state index contributed by atoms with van der Waals surface area (Å²) in [5.74, 6) is -0.355. The number of primary amides is 1. The number of rotatable bonds is 6. The number of anilines is 1. The van der Waals surface area contributed by atoms with Gasteiger partial charge in [0.25, 0.3) is 0 Å². The predicted molar refractivity (Wildman–Crippen MR) is 129 cm³/mol. The van der Waals surface area contributed by atoms with E-state index in [-0.39, 0.29) is 29.5 Å². The molecule has 0 spiro atoms. The first-order valence-electron chi connectivity index (χ1n) is 11.1. The highest BCUT2D eigenvalue weighted by atomic mass is 32.1. The Morgan fingerprint density at radius 3 is 2.47 bits per heavy atom. The zero-order valence-corrected chi connectivity index (χ0v) is 20.9. The Balaban J connectivity index is 0.000000872. The average molecular weight is 503 g/mol. The number of benzene rings is 1. The molecule has 0 saturated carbocycles. The second-order valence-electron chi connectivity index (χ2n) is 7.81. The van der Waals surface area contributed by atoms with E-state index in [0.717, 1.165) is 17.3 Å². The summed E-state index contributed by atoms with van der Waals surface area (Å²) in [6.07, 6.45) is -3.57. The Kier molecular flexibility index (Phi) is 11.8. The summed E-state index contributed by atoms with van der Waals surface area (Å²) in [4.78, 5) is 29.3. The fourth-order valence-corrected chi connectivity index (χ4v) is 3.69. The number of hydrogen-bond donors (Lipinski definition) is 2. The van der Waals surface area contributed by atoms with Crippen LogP contribution in [0.2, 0.25) is 0 Å². The molecule has 0 unspecified atom stereocenters. The Morgan fingerprint density at radius 1 is 1.26 bits per heavy atom. The van der Waals surface area contributed by atoms with Gasteiger partial charge in [-0.3, -0.25) is 9.59 Å². The van der Waals surface area contributed by atoms with E-state index >= 15 is 0 Å². The molecule has 1 aliphatic rings. The Hall–Kier alpha value is -2.82. The number of amides is 2. The van der Waals surface area contributed by atoms with Crippen LogP contribution in [-0.4, -0.2) is 47.2 Å². The summed E-state index contributed by atoms with van der Waals surface area (Å²) < 4.78 is 41.7. The van der Waals surface area contributed by atoms with E-state index in [1.165, 1.54) is 23.1 Å². The first-order chi connectivity index (χ1) is 16.0. The van der Waals surface area contributed by atoms with Crippen molar-refractivity contribution in [2.45, 2.75) is 59.9 Å². The van der Waals surface area contributed by atoms with Crippen LogP contribution in [0, 0.1) is 5.92 Å². The lowest BCUT2D eigenvalue weighted by atomic mass is 10.1. The second kappa shape index (κ2) is 13.8. The van der Waals surface area contributed by atoms with Gasteiger partial charge in [-0.1, -0.05) is 46.8 Å². The van der Waals surface area contributed by atoms with E-state index in [1.54, 1.807) is 11.4 Å². The summed E-state index contributed by atoms with van der Waals surface area (Å²) in [5, 5.41) is 4.76. The zero-order valence-electron chi connectivity index (χ0n) is 20.1. The first kappa shape index (κ1) is 29.2. The highest BCUT2D eigenvalue weighted by Crippen LogP contribution is 2.35. The van der Waals surface area contributed by atoms with Crippen molar-refractivity contribution < 1.29 is 27.5 Å². The molecule has 3 N–H and O–H groups in total. The number of carbonyl (C=O) groups is 2. The predicted octanol–water partition coefficient (Wildman–Crippen LogP) is 5.29. The number of likely N-dealkylation sites (tertiary alicyclic amines) is 1. The van der Waals surface area contributed by atoms with Crippen LogP contribution in [0.5, 0.6) is 5.75 Å². The maximum atomic E-state index is 12.6. The van der Waals surface area contributed by atoms with Gasteiger partial charge in [0.05, 0.1) is 12.2 Å². The summed E-state index contributed by atoms with van der Waals surface area (Å²) in [7, 11) is 0. The Bertz CT molecular complexity index is 916. The SMILES string of the molecule is CC.CC(C)C.NC(=O)[C@@H]1CCCN1C(=O)CNc1nc(-c2ccccc2OC(F)(F)F)cs1. The van der Waals surface area contributed by atoms with Gasteiger partial charge >= 0.3 is 6.36 Å². The summed E-state index contributed by atoms with van der Waals surface area (Å²) in [6.45, 7) is 10.9. The highest BCUT2D eigenvalue weighted by Gasteiger charge is 2.33. The number of nitrogens with one attached hydrogen (secondary N) is 1. The maximum Gasteiger partial charge on any atom is 0.573 e. The van der Waals surface area contributed by atoms with Crippen molar-refractivity contribution in [3.05, 3.63) is 29.6 Å². The van der Waals surface area contributed by atoms with Crippen molar-refractivity contribution in [1.29, 1.82) is 0 Å². The molecule has 1 aromatic heterocycles. The minimum absolute atomic E-state index is 0.0998. The minimum Gasteiger partial charge on any atom is -0.405 e. The van der Waals surface area contributed by atoms with E-state index in [1.807, 2.05) is 13.8 Å². The quantitative estimate of drug-likeness (QED) is 0.560. The van der Waals surface area contributed by atoms with Crippen molar-refractivity contribution in [3.8, 4) is 17.0 Å². The lowest BCUT2D eigenvalue weighted by Crippen LogP contribution is -2.45. The fraction of sp³-hybridized carbons (Fsp3) is 0.522. The molecule has 7 nitrogen and oxygen atoms in total. The van der Waals surface area contributed by atoms with Gasteiger partial charge in [-0.2, -0.15) is 0 Å². The van der Waals surface area contributed by atoms with Gasteiger partial charge in [-0.15, -0.1) is 24.5 Å². The number of nitrogens with zero attached hydrogens (tertiary/aromatic N) is 2. The number of nitrogens with two attached hydrogens (primary N) is 1. The zero-order chi connectivity index (χ0) is 25.9. The van der Waals surface area contributed by atoms with E-state index < -0.39 is 18.3 Å². The smallest absolute Gasteiger partial charge is 0.405 e. The van der Waals surface area contributed by atoms with E-state index in [0.29, 0.717) is 24.5 Å². The highest BCUT2D eigenvalue weighted by molar-refractivity contribution is 7.14. The monoisotopic (exact) mass is 502 g/mol. The van der Waals surface area contributed by atoms with Crippen molar-refractivity contribution >= 4 is 28.3 Å². The third kappa shape index (κ3) is 9.58. The molecule has 34 heavy (non-hydrogen) atoms. The van der Waals surface area contributed by atoms with Gasteiger partial charge in [-0.25, -0.2) is 4.98 Å². The topological polar surface area (TPSA) is 97.6 Å². The van der Waals surface area contributed by atoms with Crippen molar-refractivity contribution in [2.24, 2.45) is 11.7 Å². The van der Waals surface area contributed by atoms with Crippen LogP contribution in [-0.2, 0) is 9.59 Å². The number of thiazole rings is 1. The summed E-state index contributed by atoms with van der Waals surface area (Å²) in [6, 6.07) is 5.07. The summed E-state index contributed by atoms with van der Waals surface area (Å²) >= 11 is 1.14. The molecule has 2 heterocycles. The molecule has 3 rings (SSSR count). The van der Waals surface area contributed by atoms with Gasteiger partial charge in [0.1, 0.15) is 11.8 Å². The Labute approximate surface area is 202 Å². The molecule has 0 aliphatic carbocycles. The lowest BCUT2D eigenvalue weighted by Gasteiger charge is -2.22. The van der Waals surface area contributed by atoms with Crippen molar-refractivity contribution in [2.75, 3.05) is 18.4 Å². The molecule has 1 aromatic carbocycles. The van der Waals surface area contributed by atoms with Crippen LogP contribution >= 0.6 is 11.3 Å². The van der Waals surface area contributed by atoms with Gasteiger partial charge in [0.15, 0.2) is 5.13 Å². The normalized spacial score (nSPS) is 15.1. The lowest BCUT2D eigenvalue weighted by molar-refractivity contribution is -0.274. The number of aromatic nitrogens is 1. The van der Waals surface area contributed by atoms with Crippen LogP contribution in [0.4, 0.5) is 18.3 Å². The van der Waals surface area contributed by atoms with Gasteiger partial charge in [0.2, 0.25) is 11.8 Å². The maximum absolute atomic E-state index is 12.6.